The topological polar surface area (TPSA) is 87.5 Å². The Morgan fingerprint density at radius 2 is 1.84 bits per heavy atom. The summed E-state index contributed by atoms with van der Waals surface area (Å²) in [5.41, 5.74) is 1.17. The average molecular weight is 372 g/mol. The molecule has 1 aromatic heterocycles. The third kappa shape index (κ3) is 4.39. The lowest BCUT2D eigenvalue weighted by Gasteiger charge is -2.33. The van der Waals surface area contributed by atoms with Gasteiger partial charge < -0.3 is 5.32 Å². The van der Waals surface area contributed by atoms with Crippen molar-refractivity contribution in [2.45, 2.75) is 45.1 Å². The molecule has 1 aliphatic rings. The molecule has 1 saturated heterocycles. The summed E-state index contributed by atoms with van der Waals surface area (Å²) < 4.78 is 28.9. The highest BCUT2D eigenvalue weighted by molar-refractivity contribution is 7.89. The molecule has 8 nitrogen and oxygen atoms in total. The van der Waals surface area contributed by atoms with Crippen molar-refractivity contribution in [2.75, 3.05) is 32.7 Å². The fourth-order valence-corrected chi connectivity index (χ4v) is 4.83. The van der Waals surface area contributed by atoms with Gasteiger partial charge in [0.05, 0.1) is 17.9 Å². The highest BCUT2D eigenvalue weighted by Crippen LogP contribution is 2.23. The number of sulfonamides is 1. The van der Waals surface area contributed by atoms with Crippen LogP contribution in [0, 0.1) is 13.8 Å². The molecule has 25 heavy (non-hydrogen) atoms. The van der Waals surface area contributed by atoms with Crippen LogP contribution in [0.2, 0.25) is 0 Å². The summed E-state index contributed by atoms with van der Waals surface area (Å²) in [6.45, 7) is 9.65. The molecule has 1 fully saturated rings. The van der Waals surface area contributed by atoms with E-state index in [1.807, 2.05) is 18.7 Å². The summed E-state index contributed by atoms with van der Waals surface area (Å²) in [7, 11) is -1.81. The quantitative estimate of drug-likeness (QED) is 0.775. The molecule has 0 spiro atoms. The maximum atomic E-state index is 12.9. The van der Waals surface area contributed by atoms with Gasteiger partial charge in [-0.25, -0.2) is 8.42 Å². The fourth-order valence-electron chi connectivity index (χ4n) is 3.01. The number of piperazine rings is 1. The summed E-state index contributed by atoms with van der Waals surface area (Å²) in [6.07, 6.45) is 0.890. The van der Waals surface area contributed by atoms with Gasteiger partial charge in [0.2, 0.25) is 15.9 Å². The van der Waals surface area contributed by atoms with Gasteiger partial charge in [-0.1, -0.05) is 6.92 Å². The highest BCUT2D eigenvalue weighted by Gasteiger charge is 2.33. The first-order valence-corrected chi connectivity index (χ1v) is 10.1. The van der Waals surface area contributed by atoms with Gasteiger partial charge in [0.15, 0.2) is 0 Å². The van der Waals surface area contributed by atoms with Gasteiger partial charge in [0, 0.05) is 39.3 Å². The molecule has 0 aromatic carbocycles. The SMILES string of the molecule is CCC(C)NC(=O)CN1CCN(S(=O)(=O)c2c(C)nn(C)c2C)CC1. The third-order valence-corrected chi connectivity index (χ3v) is 6.91. The van der Waals surface area contributed by atoms with Crippen molar-refractivity contribution < 1.29 is 13.2 Å². The van der Waals surface area contributed by atoms with Crippen LogP contribution in [0.25, 0.3) is 0 Å². The van der Waals surface area contributed by atoms with Gasteiger partial charge in [0.25, 0.3) is 0 Å². The van der Waals surface area contributed by atoms with E-state index < -0.39 is 10.0 Å². The van der Waals surface area contributed by atoms with E-state index in [9.17, 15) is 13.2 Å². The van der Waals surface area contributed by atoms with E-state index in [2.05, 4.69) is 10.4 Å². The van der Waals surface area contributed by atoms with Gasteiger partial charge in [-0.05, 0) is 27.2 Å². The summed E-state index contributed by atoms with van der Waals surface area (Å²) in [4.78, 5) is 14.3. The average Bonchev–Trinajstić information content (AvgIpc) is 2.80. The molecule has 9 heteroatoms. The van der Waals surface area contributed by atoms with Crippen molar-refractivity contribution in [3.8, 4) is 0 Å². The first-order valence-electron chi connectivity index (χ1n) is 8.68. The Kier molecular flexibility index (Phi) is 6.23. The molecule has 1 aromatic rings. The zero-order chi connectivity index (χ0) is 18.8. The summed E-state index contributed by atoms with van der Waals surface area (Å²) in [5.74, 6) is -0.00962. The van der Waals surface area contributed by atoms with Gasteiger partial charge in [-0.3, -0.25) is 14.4 Å². The molecule has 2 rings (SSSR count). The minimum absolute atomic E-state index is 0.00962. The zero-order valence-electron chi connectivity index (χ0n) is 15.7. The van der Waals surface area contributed by atoms with E-state index in [1.165, 1.54) is 4.31 Å². The number of hydrogen-bond donors (Lipinski definition) is 1. The Hall–Kier alpha value is -1.45. The molecule has 0 aliphatic carbocycles. The highest BCUT2D eigenvalue weighted by atomic mass is 32.2. The van der Waals surface area contributed by atoms with Crippen molar-refractivity contribution in [1.29, 1.82) is 0 Å². The Balaban J connectivity index is 1.98. The van der Waals surface area contributed by atoms with Crippen LogP contribution in [-0.2, 0) is 21.9 Å². The predicted molar refractivity (Wildman–Crippen MR) is 95.8 cm³/mol. The van der Waals surface area contributed by atoms with E-state index in [1.54, 1.807) is 25.6 Å². The molecule has 0 bridgehead atoms. The van der Waals surface area contributed by atoms with Crippen molar-refractivity contribution in [3.05, 3.63) is 11.4 Å². The van der Waals surface area contributed by atoms with Crippen LogP contribution >= 0.6 is 0 Å². The van der Waals surface area contributed by atoms with Crippen molar-refractivity contribution in [3.63, 3.8) is 0 Å². The van der Waals surface area contributed by atoms with Crippen LogP contribution in [0.15, 0.2) is 4.90 Å². The Labute approximate surface area is 150 Å². The number of hydrogen-bond acceptors (Lipinski definition) is 5. The lowest BCUT2D eigenvalue weighted by atomic mass is 10.2. The second-order valence-corrected chi connectivity index (χ2v) is 8.56. The number of aromatic nitrogens is 2. The van der Waals surface area contributed by atoms with Crippen molar-refractivity contribution in [1.82, 2.24) is 24.3 Å². The molecule has 2 heterocycles. The van der Waals surface area contributed by atoms with Gasteiger partial charge >= 0.3 is 0 Å². The first kappa shape index (κ1) is 19.9. The van der Waals surface area contributed by atoms with Crippen LogP contribution in [0.1, 0.15) is 31.7 Å². The predicted octanol–water partition coefficient (Wildman–Crippen LogP) is 0.258. The minimum Gasteiger partial charge on any atom is -0.353 e. The Morgan fingerprint density at radius 3 is 2.32 bits per heavy atom. The fraction of sp³-hybridized carbons (Fsp3) is 0.750. The second-order valence-electron chi connectivity index (χ2n) is 6.68. The summed E-state index contributed by atoms with van der Waals surface area (Å²) in [5, 5.41) is 7.15. The number of carbonyl (C=O) groups is 1. The number of aryl methyl sites for hydroxylation is 2. The van der Waals surface area contributed by atoms with Crippen molar-refractivity contribution >= 4 is 15.9 Å². The molecule has 142 valence electrons. The zero-order valence-corrected chi connectivity index (χ0v) is 16.6. The smallest absolute Gasteiger partial charge is 0.246 e. The van der Waals surface area contributed by atoms with E-state index in [-0.39, 0.29) is 11.9 Å². The normalized spacial score (nSPS) is 18.3. The van der Waals surface area contributed by atoms with Crippen LogP contribution < -0.4 is 5.32 Å². The van der Waals surface area contributed by atoms with E-state index in [4.69, 9.17) is 0 Å². The Morgan fingerprint density at radius 1 is 1.24 bits per heavy atom. The molecule has 0 radical (unpaired) electrons. The lowest BCUT2D eigenvalue weighted by molar-refractivity contribution is -0.123. The number of carbonyl (C=O) groups excluding carboxylic acids is 1. The van der Waals surface area contributed by atoms with Crippen LogP contribution in [-0.4, -0.2) is 72.1 Å². The monoisotopic (exact) mass is 371 g/mol. The second kappa shape index (κ2) is 7.84. The number of amides is 1. The van der Waals surface area contributed by atoms with Crippen LogP contribution in [0.4, 0.5) is 0 Å². The molecule has 1 atom stereocenters. The number of nitrogens with zero attached hydrogens (tertiary/aromatic N) is 4. The molecule has 1 N–H and O–H groups in total. The maximum Gasteiger partial charge on any atom is 0.246 e. The summed E-state index contributed by atoms with van der Waals surface area (Å²) in [6, 6.07) is 0.158. The van der Waals surface area contributed by atoms with E-state index in [0.29, 0.717) is 49.0 Å². The molecule has 1 unspecified atom stereocenters. The van der Waals surface area contributed by atoms with Crippen LogP contribution in [0.5, 0.6) is 0 Å². The molecule has 0 saturated carbocycles. The third-order valence-electron chi connectivity index (χ3n) is 4.76. The van der Waals surface area contributed by atoms with E-state index in [0.717, 1.165) is 6.42 Å². The molecular weight excluding hydrogens is 342 g/mol. The first-order chi connectivity index (χ1) is 11.7. The van der Waals surface area contributed by atoms with E-state index >= 15 is 0 Å². The van der Waals surface area contributed by atoms with Crippen LogP contribution in [0.3, 0.4) is 0 Å². The molecular formula is C16H29N5O3S. The number of rotatable bonds is 6. The number of nitrogens with one attached hydrogen (secondary N) is 1. The maximum absolute atomic E-state index is 12.9. The van der Waals surface area contributed by atoms with Crippen molar-refractivity contribution in [2.24, 2.45) is 7.05 Å². The largest absolute Gasteiger partial charge is 0.353 e. The summed E-state index contributed by atoms with van der Waals surface area (Å²) >= 11 is 0. The standard InChI is InChI=1S/C16H29N5O3S/c1-6-12(2)17-15(22)11-20-7-9-21(10-8-20)25(23,24)16-13(3)18-19(5)14(16)4/h12H,6-11H2,1-5H3,(H,17,22). The van der Waals surface area contributed by atoms with Gasteiger partial charge in [-0.2, -0.15) is 9.40 Å². The Bertz CT molecular complexity index is 720. The molecule has 1 amide bonds. The van der Waals surface area contributed by atoms with Gasteiger partial charge in [-0.15, -0.1) is 0 Å². The van der Waals surface area contributed by atoms with Gasteiger partial charge in [0.1, 0.15) is 4.90 Å². The minimum atomic E-state index is -3.55. The molecule has 1 aliphatic heterocycles. The lowest BCUT2D eigenvalue weighted by Crippen LogP contribution is -2.51.